The van der Waals surface area contributed by atoms with Crippen molar-refractivity contribution in [1.82, 2.24) is 4.90 Å². The van der Waals surface area contributed by atoms with E-state index >= 15 is 0 Å². The maximum atomic E-state index is 13.7. The fourth-order valence-electron chi connectivity index (χ4n) is 4.98. The Balaban J connectivity index is 1.36. The van der Waals surface area contributed by atoms with Crippen LogP contribution in [0.25, 0.3) is 0 Å². The molecule has 2 aliphatic heterocycles. The molecule has 0 bridgehead atoms. The maximum absolute atomic E-state index is 13.7. The molecule has 5 rings (SSSR count). The van der Waals surface area contributed by atoms with Crippen LogP contribution in [-0.4, -0.2) is 35.3 Å². The number of likely N-dealkylation sites (tertiary alicyclic amines) is 1. The number of hydrogen-bond donors (Lipinski definition) is 0. The van der Waals surface area contributed by atoms with E-state index in [0.29, 0.717) is 48.7 Å². The van der Waals surface area contributed by atoms with Gasteiger partial charge in [-0.2, -0.15) is 0 Å². The minimum absolute atomic E-state index is 0.0596. The van der Waals surface area contributed by atoms with Crippen LogP contribution < -0.4 is 4.74 Å². The first-order valence-electron chi connectivity index (χ1n) is 11.4. The normalized spacial score (nSPS) is 17.1. The molecule has 0 aromatic heterocycles. The van der Waals surface area contributed by atoms with Gasteiger partial charge in [-0.25, -0.2) is 0 Å². The molecular weight excluding hydrogens is 434 g/mol. The minimum atomic E-state index is -0.559. The zero-order valence-corrected chi connectivity index (χ0v) is 19.3. The smallest absolute Gasteiger partial charge is 0.234 e. The summed E-state index contributed by atoms with van der Waals surface area (Å²) in [6.07, 6.45) is 1.58. The predicted octanol–water partition coefficient (Wildman–Crippen LogP) is 5.81. The number of fused-ring (bicyclic) bond motifs is 1. The van der Waals surface area contributed by atoms with Gasteiger partial charge in [0.25, 0.3) is 0 Å². The fraction of sp³-hybridized carbons (Fsp3) is 0.286. The molecular formula is C28H26ClNO3. The van der Waals surface area contributed by atoms with Crippen LogP contribution in [0.5, 0.6) is 5.75 Å². The number of benzene rings is 3. The molecule has 0 atom stereocenters. The van der Waals surface area contributed by atoms with Crippen LogP contribution in [-0.2, 0) is 4.79 Å². The van der Waals surface area contributed by atoms with Crippen LogP contribution >= 0.6 is 11.6 Å². The number of nitrogens with zero attached hydrogens (tertiary/aromatic N) is 1. The van der Waals surface area contributed by atoms with Gasteiger partial charge in [0, 0.05) is 31.0 Å². The van der Waals surface area contributed by atoms with Gasteiger partial charge in [0.2, 0.25) is 5.91 Å². The van der Waals surface area contributed by atoms with E-state index in [1.165, 1.54) is 0 Å². The first-order valence-corrected chi connectivity index (χ1v) is 11.7. The number of carbonyl (C=O) groups excluding carboxylic acids is 2. The molecule has 1 fully saturated rings. The molecule has 3 aromatic rings. The molecule has 4 nitrogen and oxygen atoms in total. The predicted molar refractivity (Wildman–Crippen MR) is 129 cm³/mol. The highest BCUT2D eigenvalue weighted by molar-refractivity contribution is 6.31. The Kier molecular flexibility index (Phi) is 5.71. The highest BCUT2D eigenvalue weighted by Crippen LogP contribution is 2.41. The number of aryl methyl sites for hydroxylation is 1. The summed E-state index contributed by atoms with van der Waals surface area (Å²) < 4.78 is 6.41. The highest BCUT2D eigenvalue weighted by Gasteiger charge is 2.44. The molecule has 0 unspecified atom stereocenters. The first-order chi connectivity index (χ1) is 16.0. The molecule has 3 aromatic carbocycles. The lowest BCUT2D eigenvalue weighted by molar-refractivity contribution is -0.135. The van der Waals surface area contributed by atoms with E-state index in [1.54, 1.807) is 6.07 Å². The number of halogens is 1. The van der Waals surface area contributed by atoms with Crippen molar-refractivity contribution in [2.75, 3.05) is 13.1 Å². The average Bonchev–Trinajstić information content (AvgIpc) is 2.82. The van der Waals surface area contributed by atoms with Crippen molar-refractivity contribution in [3.05, 3.63) is 100 Å². The third-order valence-corrected chi connectivity index (χ3v) is 7.28. The molecule has 0 aliphatic carbocycles. The molecule has 5 heteroatoms. The van der Waals surface area contributed by atoms with Gasteiger partial charge in [0.05, 0.1) is 17.9 Å². The zero-order valence-electron chi connectivity index (χ0n) is 18.6. The van der Waals surface area contributed by atoms with Gasteiger partial charge in [-0.15, -0.1) is 0 Å². The van der Waals surface area contributed by atoms with Crippen LogP contribution in [0.3, 0.4) is 0 Å². The van der Waals surface area contributed by atoms with Gasteiger partial charge >= 0.3 is 0 Å². The van der Waals surface area contributed by atoms with E-state index in [0.717, 1.165) is 16.7 Å². The van der Waals surface area contributed by atoms with E-state index in [1.807, 2.05) is 78.6 Å². The van der Waals surface area contributed by atoms with Crippen LogP contribution in [0.1, 0.15) is 52.2 Å². The Hall–Kier alpha value is -3.11. The van der Waals surface area contributed by atoms with Crippen LogP contribution in [0, 0.1) is 6.92 Å². The lowest BCUT2D eigenvalue weighted by Gasteiger charge is -2.44. The Morgan fingerprint density at radius 2 is 1.55 bits per heavy atom. The van der Waals surface area contributed by atoms with Gasteiger partial charge in [0.15, 0.2) is 5.78 Å². The third kappa shape index (κ3) is 4.16. The van der Waals surface area contributed by atoms with Crippen molar-refractivity contribution in [1.29, 1.82) is 0 Å². The molecule has 2 heterocycles. The second-order valence-corrected chi connectivity index (χ2v) is 9.47. The summed E-state index contributed by atoms with van der Waals surface area (Å²) in [4.78, 5) is 28.5. The third-order valence-electron chi connectivity index (χ3n) is 6.87. The summed E-state index contributed by atoms with van der Waals surface area (Å²) in [6, 6.07) is 23.4. The van der Waals surface area contributed by atoms with Gasteiger partial charge in [-0.1, -0.05) is 72.3 Å². The molecule has 33 heavy (non-hydrogen) atoms. The highest BCUT2D eigenvalue weighted by atomic mass is 35.5. The van der Waals surface area contributed by atoms with Crippen molar-refractivity contribution in [2.45, 2.75) is 37.7 Å². The summed E-state index contributed by atoms with van der Waals surface area (Å²) >= 11 is 6.22. The molecule has 2 aliphatic rings. The number of Topliss-reactive ketones (excluding diaryl/α,β-unsaturated/α-hetero) is 1. The quantitative estimate of drug-likeness (QED) is 0.496. The summed E-state index contributed by atoms with van der Waals surface area (Å²) in [5.41, 5.74) is 2.86. The van der Waals surface area contributed by atoms with Crippen molar-refractivity contribution >= 4 is 23.3 Å². The Labute approximate surface area is 199 Å². The molecule has 168 valence electrons. The topological polar surface area (TPSA) is 46.6 Å². The first kappa shape index (κ1) is 21.7. The van der Waals surface area contributed by atoms with Gasteiger partial charge in [-0.3, -0.25) is 9.59 Å². The van der Waals surface area contributed by atoms with Crippen LogP contribution in [0.15, 0.2) is 72.8 Å². The standard InChI is InChI=1S/C28H26ClNO3/c1-19-16-25-22(17-23(19)29)24(31)18-28(33-25)12-14-30(15-13-28)27(32)26(20-8-4-2-5-9-20)21-10-6-3-7-11-21/h2-11,16-17,26H,12-15,18H2,1H3. The maximum Gasteiger partial charge on any atom is 0.234 e. The SMILES string of the molecule is Cc1cc2c(cc1Cl)C(=O)CC1(CCN(C(=O)C(c3ccccc3)c3ccccc3)CC1)O2. The van der Waals surface area contributed by atoms with Gasteiger partial charge in [-0.05, 0) is 35.7 Å². The van der Waals surface area contributed by atoms with Crippen LogP contribution in [0.4, 0.5) is 0 Å². The molecule has 1 amide bonds. The summed E-state index contributed by atoms with van der Waals surface area (Å²) in [5, 5.41) is 0.579. The number of hydrogen-bond acceptors (Lipinski definition) is 3. The number of amides is 1. The van der Waals surface area contributed by atoms with Gasteiger partial charge < -0.3 is 9.64 Å². The van der Waals surface area contributed by atoms with Crippen molar-refractivity contribution < 1.29 is 14.3 Å². The molecule has 0 radical (unpaired) electrons. The fourth-order valence-corrected chi connectivity index (χ4v) is 5.14. The van der Waals surface area contributed by atoms with Crippen molar-refractivity contribution in [3.63, 3.8) is 0 Å². The number of piperidine rings is 1. The molecule has 0 saturated carbocycles. The van der Waals surface area contributed by atoms with E-state index in [4.69, 9.17) is 16.3 Å². The van der Waals surface area contributed by atoms with E-state index < -0.39 is 5.60 Å². The summed E-state index contributed by atoms with van der Waals surface area (Å²) in [7, 11) is 0. The number of carbonyl (C=O) groups is 2. The second kappa shape index (κ2) is 8.68. The van der Waals surface area contributed by atoms with E-state index in [9.17, 15) is 9.59 Å². The number of ether oxygens (including phenoxy) is 1. The zero-order chi connectivity index (χ0) is 23.0. The number of rotatable bonds is 3. The molecule has 1 spiro atoms. The number of ketones is 1. The summed E-state index contributed by atoms with van der Waals surface area (Å²) in [5.74, 6) is 0.414. The lowest BCUT2D eigenvalue weighted by Crippen LogP contribution is -2.53. The average molecular weight is 460 g/mol. The monoisotopic (exact) mass is 459 g/mol. The van der Waals surface area contributed by atoms with Crippen molar-refractivity contribution in [2.24, 2.45) is 0 Å². The second-order valence-electron chi connectivity index (χ2n) is 9.06. The largest absolute Gasteiger partial charge is 0.486 e. The Bertz CT molecular complexity index is 1150. The molecule has 0 N–H and O–H groups in total. The lowest BCUT2D eigenvalue weighted by atomic mass is 9.81. The molecule has 1 saturated heterocycles. The minimum Gasteiger partial charge on any atom is -0.486 e. The van der Waals surface area contributed by atoms with E-state index in [-0.39, 0.29) is 17.6 Å². The van der Waals surface area contributed by atoms with Gasteiger partial charge in [0.1, 0.15) is 11.4 Å². The van der Waals surface area contributed by atoms with E-state index in [2.05, 4.69) is 0 Å². The van der Waals surface area contributed by atoms with Crippen LogP contribution in [0.2, 0.25) is 5.02 Å². The Morgan fingerprint density at radius 1 is 0.970 bits per heavy atom. The Morgan fingerprint density at radius 3 is 2.12 bits per heavy atom. The van der Waals surface area contributed by atoms with Crippen molar-refractivity contribution in [3.8, 4) is 5.75 Å². The summed E-state index contributed by atoms with van der Waals surface area (Å²) in [6.45, 7) is 3.03.